The topological polar surface area (TPSA) is 52.0 Å². The van der Waals surface area contributed by atoms with Gasteiger partial charge in [-0.25, -0.2) is 0 Å². The molecule has 2 nitrogen and oxygen atoms in total. The van der Waals surface area contributed by atoms with Crippen LogP contribution in [0.3, 0.4) is 0 Å². The summed E-state index contributed by atoms with van der Waals surface area (Å²) >= 11 is 8.32. The molecule has 0 atom stereocenters. The first-order chi connectivity index (χ1) is 17.3. The molecule has 4 N–H and O–H groups in total. The fourth-order valence-electron chi connectivity index (χ4n) is 4.48. The summed E-state index contributed by atoms with van der Waals surface area (Å²) in [5, 5.41) is 0. The summed E-state index contributed by atoms with van der Waals surface area (Å²) < 4.78 is 90.8. The molecule has 0 bridgehead atoms. The van der Waals surface area contributed by atoms with Gasteiger partial charge >= 0.3 is 12.4 Å². The van der Waals surface area contributed by atoms with Crippen molar-refractivity contribution in [2.45, 2.75) is 27.6 Å². The molecule has 0 aliphatic heterocycles. The third-order valence-corrected chi connectivity index (χ3v) is 7.00. The minimum atomic E-state index is -5.79. The third kappa shape index (κ3) is 4.53. The van der Waals surface area contributed by atoms with Gasteiger partial charge in [0.05, 0.1) is 0 Å². The van der Waals surface area contributed by atoms with Crippen molar-refractivity contribution in [2.75, 3.05) is 11.5 Å². The summed E-state index contributed by atoms with van der Waals surface area (Å²) in [6, 6.07) is 17.4. The van der Waals surface area contributed by atoms with Gasteiger partial charge in [-0.05, 0) is 57.6 Å². The highest BCUT2D eigenvalue weighted by Gasteiger charge is 2.73. The van der Waals surface area contributed by atoms with Crippen LogP contribution in [0.25, 0.3) is 22.3 Å². The molecule has 0 fully saturated rings. The first-order valence-electron chi connectivity index (χ1n) is 10.8. The van der Waals surface area contributed by atoms with E-state index in [1.807, 2.05) is 0 Å². The Morgan fingerprint density at radius 2 is 0.865 bits per heavy atom. The average Bonchev–Trinajstić information content (AvgIpc) is 2.82. The average molecular weight is 551 g/mol. The molecule has 0 aromatic heterocycles. The first kappa shape index (κ1) is 26.8. The van der Waals surface area contributed by atoms with E-state index in [2.05, 4.69) is 25.3 Å². The molecular weight excluding hydrogens is 530 g/mol. The van der Waals surface area contributed by atoms with Crippen LogP contribution in [0.4, 0.5) is 37.7 Å². The highest BCUT2D eigenvalue weighted by molar-refractivity contribution is 7.80. The highest BCUT2D eigenvalue weighted by Crippen LogP contribution is 2.59. The van der Waals surface area contributed by atoms with Crippen molar-refractivity contribution in [1.82, 2.24) is 0 Å². The zero-order valence-corrected chi connectivity index (χ0v) is 20.7. The van der Waals surface area contributed by atoms with Gasteiger partial charge < -0.3 is 11.5 Å². The second-order valence-corrected chi connectivity index (χ2v) is 9.35. The fraction of sp³-hybridized carbons (Fsp3) is 0.111. The van der Waals surface area contributed by atoms with Gasteiger partial charge in [0.1, 0.15) is 0 Å². The number of thiol groups is 2. The molecule has 0 unspecified atom stereocenters. The van der Waals surface area contributed by atoms with Crippen LogP contribution >= 0.6 is 25.3 Å². The Labute approximate surface area is 220 Å². The number of alkyl halides is 6. The number of nitrogen functional groups attached to an aromatic ring is 2. The van der Waals surface area contributed by atoms with Crippen molar-refractivity contribution < 1.29 is 26.3 Å². The summed E-state index contributed by atoms with van der Waals surface area (Å²) in [5.74, 6) is 0. The Hall–Kier alpha value is -3.24. The SMILES string of the molecule is Nc1cc(-c2ccccc2C(c2ccccc2-c2ccc(S)c(N)c2)(C(F)(F)F)C(F)(F)F)ccc1S. The maximum absolute atomic E-state index is 15.1. The van der Waals surface area contributed by atoms with E-state index in [-0.39, 0.29) is 33.6 Å². The maximum Gasteiger partial charge on any atom is 0.411 e. The molecule has 0 radical (unpaired) electrons. The number of halogens is 6. The van der Waals surface area contributed by atoms with Gasteiger partial charge in [0, 0.05) is 21.2 Å². The van der Waals surface area contributed by atoms with Crippen LogP contribution in [-0.4, -0.2) is 12.4 Å². The Morgan fingerprint density at radius 3 is 1.19 bits per heavy atom. The Bertz CT molecular complexity index is 1350. The molecule has 4 rings (SSSR count). The Kier molecular flexibility index (Phi) is 6.94. The van der Waals surface area contributed by atoms with Crippen molar-refractivity contribution >= 4 is 36.6 Å². The van der Waals surface area contributed by atoms with Crippen LogP contribution in [0.15, 0.2) is 94.7 Å². The van der Waals surface area contributed by atoms with Gasteiger partial charge in [-0.15, -0.1) is 25.3 Å². The number of hydrogen-bond acceptors (Lipinski definition) is 4. The standard InChI is InChI=1S/C27H20F6N2S2/c28-26(29,30)25(27(31,32)33,19-7-3-1-5-17(19)15-9-11-23(36)21(34)13-15)20-8-4-2-6-18(20)16-10-12-24(37)22(35)14-16/h1-14,36-37H,34-35H2. The van der Waals surface area contributed by atoms with Gasteiger partial charge in [0.15, 0.2) is 0 Å². The molecule has 0 spiro atoms. The lowest BCUT2D eigenvalue weighted by Crippen LogP contribution is -2.55. The van der Waals surface area contributed by atoms with Gasteiger partial charge in [0.2, 0.25) is 5.41 Å². The molecule has 37 heavy (non-hydrogen) atoms. The predicted octanol–water partition coefficient (Wildman–Crippen LogP) is 8.17. The fourth-order valence-corrected chi connectivity index (χ4v) is 4.76. The van der Waals surface area contributed by atoms with E-state index in [4.69, 9.17) is 11.5 Å². The molecule has 0 amide bonds. The van der Waals surface area contributed by atoms with Gasteiger partial charge in [-0.3, -0.25) is 0 Å². The number of benzene rings is 4. The minimum absolute atomic E-state index is 0.0879. The molecule has 0 saturated heterocycles. The molecule has 4 aromatic carbocycles. The molecule has 0 saturated carbocycles. The molecule has 0 heterocycles. The first-order valence-corrected chi connectivity index (χ1v) is 11.7. The van der Waals surface area contributed by atoms with Crippen LogP contribution in [0, 0.1) is 0 Å². The minimum Gasteiger partial charge on any atom is -0.398 e. The van der Waals surface area contributed by atoms with Gasteiger partial charge in [0.25, 0.3) is 0 Å². The second-order valence-electron chi connectivity index (χ2n) is 8.38. The number of anilines is 2. The van der Waals surface area contributed by atoms with Crippen LogP contribution in [0.5, 0.6) is 0 Å². The van der Waals surface area contributed by atoms with Gasteiger partial charge in [-0.1, -0.05) is 60.7 Å². The zero-order valence-electron chi connectivity index (χ0n) is 18.9. The summed E-state index contributed by atoms with van der Waals surface area (Å²) in [6.07, 6.45) is -11.6. The van der Waals surface area contributed by atoms with E-state index < -0.39 is 28.9 Å². The molecular formula is C27H20F6N2S2. The van der Waals surface area contributed by atoms with Crippen LogP contribution in [0.1, 0.15) is 11.1 Å². The zero-order chi connectivity index (χ0) is 27.2. The van der Waals surface area contributed by atoms with E-state index in [1.54, 1.807) is 0 Å². The number of hydrogen-bond donors (Lipinski definition) is 4. The molecule has 0 aliphatic carbocycles. The number of nitrogens with two attached hydrogens (primary N) is 2. The smallest absolute Gasteiger partial charge is 0.398 e. The monoisotopic (exact) mass is 550 g/mol. The van der Waals surface area contributed by atoms with Crippen molar-refractivity contribution in [1.29, 1.82) is 0 Å². The largest absolute Gasteiger partial charge is 0.411 e. The van der Waals surface area contributed by atoms with Crippen LogP contribution < -0.4 is 11.5 Å². The van der Waals surface area contributed by atoms with E-state index in [1.165, 1.54) is 60.7 Å². The molecule has 192 valence electrons. The lowest BCUT2D eigenvalue weighted by molar-refractivity contribution is -0.288. The van der Waals surface area contributed by atoms with E-state index >= 15 is 26.3 Å². The summed E-state index contributed by atoms with van der Waals surface area (Å²) in [6.45, 7) is 0. The lowest BCUT2D eigenvalue weighted by atomic mass is 9.68. The van der Waals surface area contributed by atoms with Crippen molar-refractivity contribution in [3.63, 3.8) is 0 Å². The third-order valence-electron chi connectivity index (χ3n) is 6.19. The quantitative estimate of drug-likeness (QED) is 0.118. The van der Waals surface area contributed by atoms with Crippen molar-refractivity contribution in [3.05, 3.63) is 96.1 Å². The summed E-state index contributed by atoms with van der Waals surface area (Å²) in [5.41, 5.74) is 5.29. The molecule has 4 aromatic rings. The van der Waals surface area contributed by atoms with Crippen molar-refractivity contribution in [2.24, 2.45) is 0 Å². The lowest BCUT2D eigenvalue weighted by Gasteiger charge is -2.40. The predicted molar refractivity (Wildman–Crippen MR) is 140 cm³/mol. The Balaban J connectivity index is 2.16. The van der Waals surface area contributed by atoms with E-state index in [9.17, 15) is 0 Å². The maximum atomic E-state index is 15.1. The number of rotatable bonds is 4. The van der Waals surface area contributed by atoms with E-state index in [0.29, 0.717) is 9.79 Å². The van der Waals surface area contributed by atoms with E-state index in [0.717, 1.165) is 24.3 Å². The van der Waals surface area contributed by atoms with Gasteiger partial charge in [-0.2, -0.15) is 26.3 Å². The highest BCUT2D eigenvalue weighted by atomic mass is 32.1. The molecule has 0 aliphatic rings. The van der Waals surface area contributed by atoms with Crippen LogP contribution in [-0.2, 0) is 5.41 Å². The normalized spacial score (nSPS) is 12.5. The Morgan fingerprint density at radius 1 is 0.514 bits per heavy atom. The molecule has 10 heteroatoms. The van der Waals surface area contributed by atoms with Crippen molar-refractivity contribution in [3.8, 4) is 22.3 Å². The summed E-state index contributed by atoms with van der Waals surface area (Å²) in [7, 11) is 0. The second kappa shape index (κ2) is 9.57. The summed E-state index contributed by atoms with van der Waals surface area (Å²) in [4.78, 5) is 0.685. The van der Waals surface area contributed by atoms with Crippen LogP contribution in [0.2, 0.25) is 0 Å².